The van der Waals surface area contributed by atoms with Gasteiger partial charge in [-0.2, -0.15) is 0 Å². The molecule has 0 saturated heterocycles. The number of carbonyl (C=O) groups excluding carboxylic acids is 2. The van der Waals surface area contributed by atoms with Gasteiger partial charge in [0.1, 0.15) is 5.82 Å². The first-order valence-electron chi connectivity index (χ1n) is 4.69. The second kappa shape index (κ2) is 5.25. The highest BCUT2D eigenvalue weighted by Gasteiger charge is 2.11. The lowest BCUT2D eigenvalue weighted by molar-refractivity contribution is -0.140. The van der Waals surface area contributed by atoms with Crippen molar-refractivity contribution in [1.29, 1.82) is 0 Å². The van der Waals surface area contributed by atoms with Gasteiger partial charge >= 0.3 is 5.97 Å². The minimum absolute atomic E-state index is 0.00394. The molecule has 1 rings (SSSR count). The number of halogens is 1. The van der Waals surface area contributed by atoms with E-state index in [2.05, 4.69) is 4.74 Å². The van der Waals surface area contributed by atoms with E-state index in [1.165, 1.54) is 19.2 Å². The molecule has 0 aliphatic rings. The quantitative estimate of drug-likeness (QED) is 0.479. The van der Waals surface area contributed by atoms with Crippen molar-refractivity contribution in [3.63, 3.8) is 0 Å². The van der Waals surface area contributed by atoms with Gasteiger partial charge in [-0.3, -0.25) is 9.59 Å². The first kappa shape index (κ1) is 12.2. The smallest absolute Gasteiger partial charge is 0.305 e. The van der Waals surface area contributed by atoms with Crippen LogP contribution in [-0.2, 0) is 9.53 Å². The van der Waals surface area contributed by atoms with E-state index < -0.39 is 11.8 Å². The minimum Gasteiger partial charge on any atom is -0.469 e. The number of ketones is 1. The molecule has 4 nitrogen and oxygen atoms in total. The minimum atomic E-state index is -0.635. The van der Waals surface area contributed by atoms with Crippen LogP contribution in [-0.4, -0.2) is 18.9 Å². The first-order valence-corrected chi connectivity index (χ1v) is 4.69. The van der Waals surface area contributed by atoms with Gasteiger partial charge in [0.15, 0.2) is 5.78 Å². The number of Topliss-reactive ketones (excluding diaryl/α,β-unsaturated/α-hetero) is 1. The molecule has 0 atom stereocenters. The summed E-state index contributed by atoms with van der Waals surface area (Å²) >= 11 is 0. The molecule has 5 heteroatoms. The van der Waals surface area contributed by atoms with E-state index >= 15 is 0 Å². The molecule has 0 saturated carbocycles. The van der Waals surface area contributed by atoms with E-state index in [0.29, 0.717) is 0 Å². The monoisotopic (exact) mass is 225 g/mol. The number of hydrogen-bond donors (Lipinski definition) is 1. The Bertz CT molecular complexity index is 418. The van der Waals surface area contributed by atoms with Gasteiger partial charge in [-0.15, -0.1) is 0 Å². The Labute approximate surface area is 92.2 Å². The Morgan fingerprint density at radius 1 is 1.38 bits per heavy atom. The van der Waals surface area contributed by atoms with Crippen LogP contribution in [0.4, 0.5) is 10.1 Å². The maximum Gasteiger partial charge on any atom is 0.305 e. The number of hydrogen-bond acceptors (Lipinski definition) is 4. The third-order valence-corrected chi connectivity index (χ3v) is 2.11. The summed E-state index contributed by atoms with van der Waals surface area (Å²) in [4.78, 5) is 22.3. The molecule has 0 amide bonds. The Balaban J connectivity index is 2.66. The van der Waals surface area contributed by atoms with Crippen molar-refractivity contribution < 1.29 is 18.7 Å². The Hall–Kier alpha value is -1.91. The van der Waals surface area contributed by atoms with Gasteiger partial charge in [-0.25, -0.2) is 4.39 Å². The second-order valence-electron chi connectivity index (χ2n) is 3.24. The van der Waals surface area contributed by atoms with Gasteiger partial charge in [0, 0.05) is 12.0 Å². The van der Waals surface area contributed by atoms with E-state index in [1.54, 1.807) is 0 Å². The molecule has 0 spiro atoms. The van der Waals surface area contributed by atoms with Gasteiger partial charge in [0.2, 0.25) is 0 Å². The Morgan fingerprint density at radius 3 is 2.62 bits per heavy atom. The summed E-state index contributed by atoms with van der Waals surface area (Å²) in [5.41, 5.74) is 5.47. The van der Waals surface area contributed by atoms with Crippen molar-refractivity contribution in [2.24, 2.45) is 0 Å². The molecule has 0 unspecified atom stereocenters. The number of esters is 1. The number of ether oxygens (including phenoxy) is 1. The van der Waals surface area contributed by atoms with E-state index in [9.17, 15) is 14.0 Å². The standard InChI is InChI=1S/C11H12FNO3/c1-16-11(15)5-4-10(14)7-2-3-9(13)8(12)6-7/h2-3,6H,4-5,13H2,1H3. The predicted octanol–water partition coefficient (Wildman–Crippen LogP) is 1.54. The van der Waals surface area contributed by atoms with Crippen LogP contribution in [0.3, 0.4) is 0 Å². The highest BCUT2D eigenvalue weighted by Crippen LogP contribution is 2.14. The van der Waals surface area contributed by atoms with Crippen LogP contribution in [0.15, 0.2) is 18.2 Å². The highest BCUT2D eigenvalue weighted by atomic mass is 19.1. The fourth-order valence-electron chi connectivity index (χ4n) is 1.16. The van der Waals surface area contributed by atoms with Crippen LogP contribution in [0, 0.1) is 5.82 Å². The zero-order chi connectivity index (χ0) is 12.1. The van der Waals surface area contributed by atoms with E-state index in [1.807, 2.05) is 0 Å². The molecule has 2 N–H and O–H groups in total. The lowest BCUT2D eigenvalue weighted by atomic mass is 10.1. The molecule has 0 heterocycles. The normalized spacial score (nSPS) is 9.88. The Kier molecular flexibility index (Phi) is 3.99. The third kappa shape index (κ3) is 3.05. The number of anilines is 1. The molecule has 0 bridgehead atoms. The summed E-state index contributed by atoms with van der Waals surface area (Å²) in [5.74, 6) is -1.42. The number of nitrogen functional groups attached to an aromatic ring is 1. The lowest BCUT2D eigenvalue weighted by Crippen LogP contribution is -2.06. The molecule has 1 aromatic carbocycles. The third-order valence-electron chi connectivity index (χ3n) is 2.11. The fraction of sp³-hybridized carbons (Fsp3) is 0.273. The van der Waals surface area contributed by atoms with Gasteiger partial charge < -0.3 is 10.5 Å². The molecule has 0 aliphatic heterocycles. The molecular weight excluding hydrogens is 213 g/mol. The fourth-order valence-corrected chi connectivity index (χ4v) is 1.16. The van der Waals surface area contributed by atoms with Crippen LogP contribution < -0.4 is 5.73 Å². The van der Waals surface area contributed by atoms with Gasteiger partial charge in [-0.1, -0.05) is 0 Å². The molecular formula is C11H12FNO3. The van der Waals surface area contributed by atoms with Crippen LogP contribution in [0.5, 0.6) is 0 Å². The van der Waals surface area contributed by atoms with Crippen molar-refractivity contribution in [3.8, 4) is 0 Å². The number of nitrogens with two attached hydrogens (primary N) is 1. The zero-order valence-electron chi connectivity index (χ0n) is 8.83. The number of methoxy groups -OCH3 is 1. The number of carbonyl (C=O) groups is 2. The molecule has 1 aromatic rings. The average Bonchev–Trinajstić information content (AvgIpc) is 2.29. The highest BCUT2D eigenvalue weighted by molar-refractivity contribution is 5.97. The van der Waals surface area contributed by atoms with Crippen LogP contribution in [0.1, 0.15) is 23.2 Å². The van der Waals surface area contributed by atoms with Crippen LogP contribution in [0.25, 0.3) is 0 Å². The second-order valence-corrected chi connectivity index (χ2v) is 3.24. The van der Waals surface area contributed by atoms with E-state index in [0.717, 1.165) is 6.07 Å². The molecule has 16 heavy (non-hydrogen) atoms. The van der Waals surface area contributed by atoms with E-state index in [4.69, 9.17) is 5.73 Å². The molecule has 0 radical (unpaired) electrons. The van der Waals surface area contributed by atoms with Gasteiger partial charge in [0.05, 0.1) is 19.2 Å². The number of rotatable bonds is 4. The maximum atomic E-state index is 13.0. The van der Waals surface area contributed by atoms with Crippen molar-refractivity contribution in [3.05, 3.63) is 29.6 Å². The Morgan fingerprint density at radius 2 is 2.06 bits per heavy atom. The summed E-state index contributed by atoms with van der Waals surface area (Å²) in [6, 6.07) is 3.81. The van der Waals surface area contributed by atoms with Crippen LogP contribution >= 0.6 is 0 Å². The van der Waals surface area contributed by atoms with Gasteiger partial charge in [0.25, 0.3) is 0 Å². The molecule has 0 aromatic heterocycles. The largest absolute Gasteiger partial charge is 0.469 e. The summed E-state index contributed by atoms with van der Waals surface area (Å²) in [7, 11) is 1.25. The van der Waals surface area contributed by atoms with Crippen molar-refractivity contribution in [1.82, 2.24) is 0 Å². The van der Waals surface area contributed by atoms with Crippen molar-refractivity contribution in [2.45, 2.75) is 12.8 Å². The summed E-state index contributed by atoms with van der Waals surface area (Å²) in [6.45, 7) is 0. The average molecular weight is 225 g/mol. The topological polar surface area (TPSA) is 69.4 Å². The predicted molar refractivity (Wildman–Crippen MR) is 56.4 cm³/mol. The SMILES string of the molecule is COC(=O)CCC(=O)c1ccc(N)c(F)c1. The van der Waals surface area contributed by atoms with Gasteiger partial charge in [-0.05, 0) is 18.2 Å². The summed E-state index contributed by atoms with van der Waals surface area (Å²) in [6.07, 6.45) is -0.0165. The maximum absolute atomic E-state index is 13.0. The molecule has 0 aliphatic carbocycles. The number of benzene rings is 1. The summed E-state index contributed by atoms with van der Waals surface area (Å²) < 4.78 is 17.4. The van der Waals surface area contributed by atoms with E-state index in [-0.39, 0.29) is 29.9 Å². The summed E-state index contributed by atoms with van der Waals surface area (Å²) in [5, 5.41) is 0. The van der Waals surface area contributed by atoms with Crippen molar-refractivity contribution in [2.75, 3.05) is 12.8 Å². The molecule has 86 valence electrons. The molecule has 0 fully saturated rings. The van der Waals surface area contributed by atoms with Crippen molar-refractivity contribution >= 4 is 17.4 Å². The van der Waals surface area contributed by atoms with Crippen LogP contribution in [0.2, 0.25) is 0 Å². The zero-order valence-corrected chi connectivity index (χ0v) is 8.83. The lowest BCUT2D eigenvalue weighted by Gasteiger charge is -2.02. The first-order chi connectivity index (χ1) is 7.54.